The Morgan fingerprint density at radius 3 is 2.48 bits per heavy atom. The Kier molecular flexibility index (Phi) is 6.07. The number of carbonyl (C=O) groups excluding carboxylic acids is 3. The molecule has 2 saturated heterocycles. The minimum atomic E-state index is -4.70. The first-order valence-electron chi connectivity index (χ1n) is 9.72. The number of imide groups is 1. The number of hydrogen-bond acceptors (Lipinski definition) is 6. The van der Waals surface area contributed by atoms with Gasteiger partial charge in [0.25, 0.3) is 11.1 Å². The van der Waals surface area contributed by atoms with Crippen molar-refractivity contribution in [1.82, 2.24) is 10.2 Å². The highest BCUT2D eigenvalue weighted by atomic mass is 32.2. The molecule has 0 spiro atoms. The van der Waals surface area contributed by atoms with Crippen molar-refractivity contribution in [2.45, 2.75) is 18.6 Å². The molecule has 7 nitrogen and oxygen atoms in total. The predicted octanol–water partition coefficient (Wildman–Crippen LogP) is 4.81. The van der Waals surface area contributed by atoms with E-state index in [2.05, 4.69) is 5.32 Å². The molecule has 2 fully saturated rings. The maximum atomic E-state index is 13.7. The third kappa shape index (κ3) is 5.14. The van der Waals surface area contributed by atoms with E-state index in [9.17, 15) is 27.6 Å². The average molecular weight is 478 g/mol. The molecule has 2 aliphatic heterocycles. The van der Waals surface area contributed by atoms with Gasteiger partial charge in [-0.1, -0.05) is 18.2 Å². The lowest BCUT2D eigenvalue weighted by atomic mass is 10.1. The van der Waals surface area contributed by atoms with Crippen LogP contribution in [0.15, 0.2) is 47.4 Å². The summed E-state index contributed by atoms with van der Waals surface area (Å²) in [6.45, 7) is 0.277. The van der Waals surface area contributed by atoms with E-state index in [1.807, 2.05) is 0 Å². The van der Waals surface area contributed by atoms with Crippen molar-refractivity contribution >= 4 is 35.1 Å². The van der Waals surface area contributed by atoms with Gasteiger partial charge < -0.3 is 14.4 Å². The van der Waals surface area contributed by atoms with Gasteiger partial charge in [0.1, 0.15) is 18.1 Å². The van der Waals surface area contributed by atoms with Gasteiger partial charge in [-0.15, -0.1) is 0 Å². The van der Waals surface area contributed by atoms with Crippen LogP contribution in [0.3, 0.4) is 0 Å². The van der Waals surface area contributed by atoms with E-state index in [4.69, 9.17) is 9.47 Å². The van der Waals surface area contributed by atoms with E-state index in [1.54, 1.807) is 31.3 Å². The van der Waals surface area contributed by atoms with Crippen LogP contribution in [0.4, 0.5) is 22.8 Å². The molecule has 0 aromatic heterocycles. The van der Waals surface area contributed by atoms with Crippen molar-refractivity contribution < 1.29 is 37.0 Å². The first kappa shape index (κ1) is 22.7. The molecule has 11 heteroatoms. The van der Waals surface area contributed by atoms with Gasteiger partial charge in [-0.25, -0.2) is 4.79 Å². The zero-order valence-electron chi connectivity index (χ0n) is 17.1. The van der Waals surface area contributed by atoms with Gasteiger partial charge in [0, 0.05) is 7.05 Å². The Hall–Kier alpha value is -3.47. The maximum Gasteiger partial charge on any atom is 0.420 e. The van der Waals surface area contributed by atoms with Crippen LogP contribution in [0.5, 0.6) is 11.5 Å². The van der Waals surface area contributed by atoms with Crippen LogP contribution < -0.4 is 10.1 Å². The second-order valence-corrected chi connectivity index (χ2v) is 8.41. The van der Waals surface area contributed by atoms with Crippen molar-refractivity contribution in [2.24, 2.45) is 0 Å². The lowest BCUT2D eigenvalue weighted by Gasteiger charge is -2.17. The zero-order chi connectivity index (χ0) is 23.8. The topological polar surface area (TPSA) is 84.9 Å². The summed E-state index contributed by atoms with van der Waals surface area (Å²) in [6, 6.07) is 9.81. The van der Waals surface area contributed by atoms with Crippen LogP contribution in [0.2, 0.25) is 0 Å². The molecule has 0 aliphatic carbocycles. The number of rotatable bonds is 5. The van der Waals surface area contributed by atoms with Gasteiger partial charge in [0.05, 0.1) is 16.5 Å². The SMILES string of the molecule is CN1C(=O)OCC1Cc1ccc(Oc2ccc(/C=C3/SC(=O)NC3=O)cc2C(F)(F)F)cc1. The van der Waals surface area contributed by atoms with E-state index < -0.39 is 34.7 Å². The largest absolute Gasteiger partial charge is 0.457 e. The van der Waals surface area contributed by atoms with Crippen molar-refractivity contribution in [3.63, 3.8) is 0 Å². The number of halogens is 3. The number of alkyl halides is 3. The number of nitrogens with zero attached hydrogens (tertiary/aromatic N) is 1. The van der Waals surface area contributed by atoms with E-state index in [0.29, 0.717) is 18.2 Å². The fourth-order valence-electron chi connectivity index (χ4n) is 3.34. The van der Waals surface area contributed by atoms with E-state index in [0.717, 1.165) is 11.6 Å². The molecule has 0 radical (unpaired) electrons. The molecule has 2 aromatic carbocycles. The standard InChI is InChI=1S/C22H17F3N2O5S/c1-27-14(11-31-21(27)30)8-12-2-5-15(6-3-12)32-17-7-4-13(9-16(17)22(23,24)25)10-18-19(28)26-20(29)33-18/h2-7,9-10,14H,8,11H2,1H3,(H,26,28,29)/b18-10+. The number of likely N-dealkylation sites (N-methyl/N-ethyl adjacent to an activating group) is 1. The normalized spacial score (nSPS) is 19.8. The molecule has 3 amide bonds. The third-order valence-electron chi connectivity index (χ3n) is 5.11. The Morgan fingerprint density at radius 1 is 1.18 bits per heavy atom. The molecule has 1 N–H and O–H groups in total. The smallest absolute Gasteiger partial charge is 0.420 e. The van der Waals surface area contributed by atoms with Crippen LogP contribution in [-0.4, -0.2) is 41.8 Å². The summed E-state index contributed by atoms with van der Waals surface area (Å²) in [5.41, 5.74) is -0.0360. The molecule has 1 unspecified atom stereocenters. The summed E-state index contributed by atoms with van der Waals surface area (Å²) >= 11 is 0.621. The third-order valence-corrected chi connectivity index (χ3v) is 5.92. The van der Waals surface area contributed by atoms with Crippen molar-refractivity contribution in [3.8, 4) is 11.5 Å². The lowest BCUT2D eigenvalue weighted by molar-refractivity contribution is -0.138. The Bertz CT molecular complexity index is 1150. The van der Waals surface area contributed by atoms with E-state index in [1.165, 1.54) is 23.1 Å². The minimum absolute atomic E-state index is 0.0115. The number of thioether (sulfide) groups is 1. The van der Waals surface area contributed by atoms with Crippen molar-refractivity contribution in [1.29, 1.82) is 0 Å². The van der Waals surface area contributed by atoms with Gasteiger partial charge in [-0.2, -0.15) is 13.2 Å². The number of ether oxygens (including phenoxy) is 2. The highest BCUT2D eigenvalue weighted by molar-refractivity contribution is 8.18. The second kappa shape index (κ2) is 8.81. The molecule has 0 saturated carbocycles. The van der Waals surface area contributed by atoms with E-state index >= 15 is 0 Å². The molecule has 0 bridgehead atoms. The van der Waals surface area contributed by atoms with Gasteiger partial charge in [0.15, 0.2) is 0 Å². The minimum Gasteiger partial charge on any atom is -0.457 e. The first-order valence-corrected chi connectivity index (χ1v) is 10.5. The molecule has 172 valence electrons. The van der Waals surface area contributed by atoms with Gasteiger partial charge in [0.2, 0.25) is 0 Å². The first-order chi connectivity index (χ1) is 15.6. The summed E-state index contributed by atoms with van der Waals surface area (Å²) in [5.74, 6) is -0.844. The average Bonchev–Trinajstić information content (AvgIpc) is 3.24. The zero-order valence-corrected chi connectivity index (χ0v) is 18.0. The number of hydrogen-bond donors (Lipinski definition) is 1. The van der Waals surface area contributed by atoms with Crippen molar-refractivity contribution in [3.05, 3.63) is 64.1 Å². The summed E-state index contributed by atoms with van der Waals surface area (Å²) in [5, 5.41) is 1.47. The fraction of sp³-hybridized carbons (Fsp3) is 0.227. The van der Waals surface area contributed by atoms with Gasteiger partial charge in [-0.3, -0.25) is 14.9 Å². The highest BCUT2D eigenvalue weighted by Gasteiger charge is 2.35. The molecule has 2 heterocycles. The summed E-state index contributed by atoms with van der Waals surface area (Å²) < 4.78 is 51.4. The Labute approximate surface area is 190 Å². The molecule has 1 atom stereocenters. The van der Waals surface area contributed by atoms with Crippen LogP contribution in [-0.2, 0) is 22.1 Å². The van der Waals surface area contributed by atoms with Gasteiger partial charge >= 0.3 is 12.3 Å². The van der Waals surface area contributed by atoms with Crippen LogP contribution in [0.1, 0.15) is 16.7 Å². The van der Waals surface area contributed by atoms with Crippen molar-refractivity contribution in [2.75, 3.05) is 13.7 Å². The number of carbonyl (C=O) groups is 3. The quantitative estimate of drug-likeness (QED) is 0.621. The molecule has 4 rings (SSSR count). The van der Waals surface area contributed by atoms with Crippen LogP contribution in [0.25, 0.3) is 6.08 Å². The summed E-state index contributed by atoms with van der Waals surface area (Å²) in [4.78, 5) is 35.9. The number of benzene rings is 2. The Morgan fingerprint density at radius 2 is 1.91 bits per heavy atom. The second-order valence-electron chi connectivity index (χ2n) is 7.40. The summed E-state index contributed by atoms with van der Waals surface area (Å²) in [6.07, 6.45) is -3.34. The van der Waals surface area contributed by atoms with Gasteiger partial charge in [-0.05, 0) is 59.7 Å². The summed E-state index contributed by atoms with van der Waals surface area (Å²) in [7, 11) is 1.64. The maximum absolute atomic E-state index is 13.7. The number of cyclic esters (lactones) is 1. The Balaban J connectivity index is 1.52. The number of amides is 3. The molecule has 33 heavy (non-hydrogen) atoms. The van der Waals surface area contributed by atoms with E-state index in [-0.39, 0.29) is 28.9 Å². The monoisotopic (exact) mass is 478 g/mol. The van der Waals surface area contributed by atoms with Crippen LogP contribution in [0, 0.1) is 0 Å². The number of nitrogens with one attached hydrogen (secondary N) is 1. The highest BCUT2D eigenvalue weighted by Crippen LogP contribution is 2.39. The molecule has 2 aliphatic rings. The molecular weight excluding hydrogens is 461 g/mol. The fourth-order valence-corrected chi connectivity index (χ4v) is 4.02. The lowest BCUT2D eigenvalue weighted by Crippen LogP contribution is -2.30. The molecular formula is C22H17F3N2O5S. The van der Waals surface area contributed by atoms with Crippen LogP contribution >= 0.6 is 11.8 Å². The molecule has 2 aromatic rings. The predicted molar refractivity (Wildman–Crippen MR) is 114 cm³/mol.